The Bertz CT molecular complexity index is 274. The molecule has 0 aromatic carbocycles. The zero-order valence-corrected chi connectivity index (χ0v) is 9.54. The van der Waals surface area contributed by atoms with Gasteiger partial charge in [0.1, 0.15) is 5.60 Å². The first-order chi connectivity index (χ1) is 7.16. The lowest BCUT2D eigenvalue weighted by molar-refractivity contribution is -0.147. The molecule has 2 aliphatic rings. The summed E-state index contributed by atoms with van der Waals surface area (Å²) in [6, 6.07) is 0. The number of hydrogen-bond donors (Lipinski definition) is 0. The molecule has 0 bridgehead atoms. The summed E-state index contributed by atoms with van der Waals surface area (Å²) in [5.74, 6) is 0.213. The Morgan fingerprint density at radius 2 is 2.13 bits per heavy atom. The van der Waals surface area contributed by atoms with Crippen LogP contribution < -0.4 is 0 Å². The normalized spacial score (nSPS) is 38.9. The van der Waals surface area contributed by atoms with E-state index in [4.69, 9.17) is 14.2 Å². The van der Waals surface area contributed by atoms with Gasteiger partial charge in [0.2, 0.25) is 0 Å². The Labute approximate surface area is 89.9 Å². The number of hydrogen-bond acceptors (Lipinski definition) is 4. The average Bonchev–Trinajstić information content (AvgIpc) is 3.11. The Morgan fingerprint density at radius 3 is 2.53 bits per heavy atom. The van der Waals surface area contributed by atoms with Crippen molar-refractivity contribution < 1.29 is 19.0 Å². The lowest BCUT2D eigenvalue weighted by atomic mass is 9.87. The van der Waals surface area contributed by atoms with Crippen molar-refractivity contribution in [3.8, 4) is 0 Å². The van der Waals surface area contributed by atoms with Crippen LogP contribution in [0.4, 0.5) is 0 Å². The Kier molecular flexibility index (Phi) is 2.51. The summed E-state index contributed by atoms with van der Waals surface area (Å²) < 4.78 is 15.8. The van der Waals surface area contributed by atoms with Crippen molar-refractivity contribution in [2.75, 3.05) is 20.8 Å². The minimum absolute atomic E-state index is 0.256. The van der Waals surface area contributed by atoms with Crippen LogP contribution in [0.2, 0.25) is 0 Å². The SMILES string of the molecule is CCC1(C(=O)OC)OC1(COC)C1CC1. The predicted octanol–water partition coefficient (Wildman–Crippen LogP) is 1.13. The smallest absolute Gasteiger partial charge is 0.341 e. The van der Waals surface area contributed by atoms with Crippen molar-refractivity contribution >= 4 is 5.97 Å². The van der Waals surface area contributed by atoms with E-state index in [0.717, 1.165) is 12.8 Å². The van der Waals surface area contributed by atoms with Crippen LogP contribution in [0.25, 0.3) is 0 Å². The minimum atomic E-state index is -0.737. The zero-order valence-electron chi connectivity index (χ0n) is 9.54. The number of carbonyl (C=O) groups is 1. The second-order valence-corrected chi connectivity index (χ2v) is 4.37. The summed E-state index contributed by atoms with van der Waals surface area (Å²) in [6.07, 6.45) is 2.91. The highest BCUT2D eigenvalue weighted by atomic mass is 16.7. The second-order valence-electron chi connectivity index (χ2n) is 4.37. The topological polar surface area (TPSA) is 48.1 Å². The number of methoxy groups -OCH3 is 2. The van der Waals surface area contributed by atoms with E-state index in [1.54, 1.807) is 7.11 Å². The van der Waals surface area contributed by atoms with Gasteiger partial charge in [-0.05, 0) is 25.2 Å². The minimum Gasteiger partial charge on any atom is -0.467 e. The van der Waals surface area contributed by atoms with Crippen LogP contribution in [0.3, 0.4) is 0 Å². The number of ether oxygens (including phenoxy) is 3. The van der Waals surface area contributed by atoms with Crippen LogP contribution in [0.15, 0.2) is 0 Å². The van der Waals surface area contributed by atoms with E-state index in [9.17, 15) is 4.79 Å². The maximum Gasteiger partial charge on any atom is 0.341 e. The lowest BCUT2D eigenvalue weighted by Crippen LogP contribution is -2.39. The van der Waals surface area contributed by atoms with Gasteiger partial charge in [-0.15, -0.1) is 0 Å². The van der Waals surface area contributed by atoms with Crippen LogP contribution in [0.5, 0.6) is 0 Å². The zero-order chi connectivity index (χ0) is 11.1. The Balaban J connectivity index is 2.19. The molecule has 1 heterocycles. The van der Waals surface area contributed by atoms with Gasteiger partial charge in [0.05, 0.1) is 13.7 Å². The van der Waals surface area contributed by atoms with Crippen molar-refractivity contribution in [3.63, 3.8) is 0 Å². The molecule has 1 saturated heterocycles. The fraction of sp³-hybridized carbons (Fsp3) is 0.909. The van der Waals surface area contributed by atoms with Gasteiger partial charge in [0.15, 0.2) is 5.60 Å². The van der Waals surface area contributed by atoms with Crippen molar-refractivity contribution in [2.24, 2.45) is 5.92 Å². The molecular weight excluding hydrogens is 196 g/mol. The molecule has 2 unspecified atom stereocenters. The molecule has 0 aromatic rings. The summed E-state index contributed by atoms with van der Waals surface area (Å²) >= 11 is 0. The largest absolute Gasteiger partial charge is 0.467 e. The van der Waals surface area contributed by atoms with E-state index in [0.29, 0.717) is 18.9 Å². The fourth-order valence-electron chi connectivity index (χ4n) is 2.62. The summed E-state index contributed by atoms with van der Waals surface area (Å²) in [4.78, 5) is 11.7. The first-order valence-corrected chi connectivity index (χ1v) is 5.44. The molecule has 0 radical (unpaired) electrons. The van der Waals surface area contributed by atoms with Gasteiger partial charge in [-0.1, -0.05) is 6.92 Å². The number of carbonyl (C=O) groups excluding carboxylic acids is 1. The molecule has 1 saturated carbocycles. The first-order valence-electron chi connectivity index (χ1n) is 5.44. The van der Waals surface area contributed by atoms with Crippen LogP contribution >= 0.6 is 0 Å². The maximum absolute atomic E-state index is 11.7. The highest BCUT2D eigenvalue weighted by Crippen LogP contribution is 2.62. The van der Waals surface area contributed by atoms with E-state index in [-0.39, 0.29) is 5.97 Å². The molecule has 0 N–H and O–H groups in total. The van der Waals surface area contributed by atoms with Crippen molar-refractivity contribution in [3.05, 3.63) is 0 Å². The predicted molar refractivity (Wildman–Crippen MR) is 53.5 cm³/mol. The number of epoxide rings is 1. The standard InChI is InChI=1S/C11H18O4/c1-4-10(9(12)14-3)11(15-10,7-13-2)8-5-6-8/h8H,4-7H2,1-3H3. The van der Waals surface area contributed by atoms with Crippen LogP contribution in [0, 0.1) is 5.92 Å². The quantitative estimate of drug-likeness (QED) is 0.508. The van der Waals surface area contributed by atoms with Crippen molar-refractivity contribution in [2.45, 2.75) is 37.4 Å². The molecule has 2 atom stereocenters. The second kappa shape index (κ2) is 3.46. The summed E-state index contributed by atoms with van der Waals surface area (Å²) in [5, 5.41) is 0. The van der Waals surface area contributed by atoms with E-state index in [2.05, 4.69) is 0 Å². The molecular formula is C11H18O4. The summed E-state index contributed by atoms with van der Waals surface area (Å²) in [5.41, 5.74) is -1.14. The van der Waals surface area contributed by atoms with E-state index in [1.807, 2.05) is 6.92 Å². The molecule has 0 amide bonds. The van der Waals surface area contributed by atoms with Crippen LogP contribution in [0.1, 0.15) is 26.2 Å². The average molecular weight is 214 g/mol. The molecule has 0 aromatic heterocycles. The Hall–Kier alpha value is -0.610. The fourth-order valence-corrected chi connectivity index (χ4v) is 2.62. The van der Waals surface area contributed by atoms with Crippen LogP contribution in [-0.2, 0) is 19.0 Å². The summed E-state index contributed by atoms with van der Waals surface area (Å²) in [6.45, 7) is 2.44. The van der Waals surface area contributed by atoms with E-state index >= 15 is 0 Å². The molecule has 0 spiro atoms. The first kappa shape index (κ1) is 10.9. The van der Waals surface area contributed by atoms with Crippen molar-refractivity contribution in [1.82, 2.24) is 0 Å². The molecule has 15 heavy (non-hydrogen) atoms. The molecule has 2 fully saturated rings. The highest BCUT2D eigenvalue weighted by molar-refractivity contribution is 5.85. The van der Waals surface area contributed by atoms with Crippen molar-refractivity contribution in [1.29, 1.82) is 0 Å². The Morgan fingerprint density at radius 1 is 1.47 bits per heavy atom. The van der Waals surface area contributed by atoms with E-state index in [1.165, 1.54) is 7.11 Å². The van der Waals surface area contributed by atoms with Crippen LogP contribution in [-0.4, -0.2) is 38.0 Å². The van der Waals surface area contributed by atoms with Gasteiger partial charge in [0, 0.05) is 7.11 Å². The third kappa shape index (κ3) is 1.31. The maximum atomic E-state index is 11.7. The molecule has 2 rings (SSSR count). The molecule has 1 aliphatic heterocycles. The third-order valence-corrected chi connectivity index (χ3v) is 3.61. The monoisotopic (exact) mass is 214 g/mol. The molecule has 1 aliphatic carbocycles. The van der Waals surface area contributed by atoms with Gasteiger partial charge in [-0.3, -0.25) is 0 Å². The molecule has 4 nitrogen and oxygen atoms in total. The van der Waals surface area contributed by atoms with Gasteiger partial charge in [0.25, 0.3) is 0 Å². The number of esters is 1. The van der Waals surface area contributed by atoms with Gasteiger partial charge in [-0.25, -0.2) is 4.79 Å². The van der Waals surface area contributed by atoms with Gasteiger partial charge < -0.3 is 14.2 Å². The lowest BCUT2D eigenvalue weighted by Gasteiger charge is -2.16. The highest BCUT2D eigenvalue weighted by Gasteiger charge is 2.79. The molecule has 86 valence electrons. The number of rotatable bonds is 5. The molecule has 4 heteroatoms. The van der Waals surface area contributed by atoms with Gasteiger partial charge >= 0.3 is 5.97 Å². The third-order valence-electron chi connectivity index (χ3n) is 3.61. The van der Waals surface area contributed by atoms with Gasteiger partial charge in [-0.2, -0.15) is 0 Å². The summed E-state index contributed by atoms with van der Waals surface area (Å²) in [7, 11) is 3.05. The van der Waals surface area contributed by atoms with E-state index < -0.39 is 11.2 Å².